The lowest BCUT2D eigenvalue weighted by molar-refractivity contribution is -0.146. The van der Waals surface area contributed by atoms with Gasteiger partial charge < -0.3 is 20.2 Å². The number of hydrazine groups is 1. The maximum atomic E-state index is 13.8. The Kier molecular flexibility index (Phi) is 11.9. The molecular weight excluding hydrogens is 851 g/mol. The van der Waals surface area contributed by atoms with Crippen LogP contribution in [0.3, 0.4) is 0 Å². The molecule has 7 unspecified atom stereocenters. The Morgan fingerprint density at radius 2 is 1.55 bits per heavy atom. The first kappa shape index (κ1) is 44.6. The second-order valence-corrected chi connectivity index (χ2v) is 21.1. The van der Waals surface area contributed by atoms with Crippen LogP contribution in [0.5, 0.6) is 0 Å². The molecule has 6 N–H and O–H groups in total. The largest absolute Gasteiger partial charge is 0.389 e. The number of rotatable bonds is 7. The molecule has 7 fully saturated rings. The molecule has 9 aliphatic rings. The SMILES string of the molecule is C[C@@]1(O)CC/C=C\CN2C(=O)C3CNC(Nc4ccc(N5CCN(CC6CCC7(CCN(c8ccc9c(c8)C(=O)N(C8CCC(=O)NC8=O)C9=O)CC7)C6)CC5)cc4)NC3N2C2CCCC1N2. The van der Waals surface area contributed by atoms with Crippen molar-refractivity contribution in [2.24, 2.45) is 17.3 Å². The predicted molar refractivity (Wildman–Crippen MR) is 252 cm³/mol. The highest BCUT2D eigenvalue weighted by atomic mass is 16.3. The van der Waals surface area contributed by atoms with Gasteiger partial charge in [-0.15, -0.1) is 0 Å². The van der Waals surface area contributed by atoms with Gasteiger partial charge in [0.1, 0.15) is 12.3 Å². The molecule has 1 aliphatic carbocycles. The van der Waals surface area contributed by atoms with E-state index in [1.807, 2.05) is 24.1 Å². The van der Waals surface area contributed by atoms with Gasteiger partial charge in [0.05, 0.1) is 41.5 Å². The Bertz CT molecular complexity index is 2290. The molecule has 11 rings (SSSR count). The molecule has 17 heteroatoms. The first-order chi connectivity index (χ1) is 32.4. The molecule has 2 bridgehead atoms. The molecule has 0 radical (unpaired) electrons. The van der Waals surface area contributed by atoms with Gasteiger partial charge >= 0.3 is 0 Å². The van der Waals surface area contributed by atoms with Crippen LogP contribution in [0.15, 0.2) is 54.6 Å². The third kappa shape index (κ3) is 8.53. The van der Waals surface area contributed by atoms with Crippen molar-refractivity contribution in [3.63, 3.8) is 0 Å². The molecule has 8 atom stereocenters. The summed E-state index contributed by atoms with van der Waals surface area (Å²) in [6.07, 6.45) is 14.3. The number of aliphatic hydroxyl groups is 1. The average molecular weight is 918 g/mol. The van der Waals surface area contributed by atoms with Crippen molar-refractivity contribution in [1.82, 2.24) is 41.1 Å². The zero-order valence-corrected chi connectivity index (χ0v) is 38.8. The molecule has 0 aromatic heterocycles. The maximum absolute atomic E-state index is 13.8. The maximum Gasteiger partial charge on any atom is 0.262 e. The van der Waals surface area contributed by atoms with Crippen molar-refractivity contribution in [1.29, 1.82) is 0 Å². The molecule has 1 spiro atoms. The normalized spacial score (nSPS) is 34.2. The van der Waals surface area contributed by atoms with Gasteiger partial charge in [-0.3, -0.25) is 60.0 Å². The van der Waals surface area contributed by atoms with Crippen LogP contribution in [0.1, 0.15) is 105 Å². The summed E-state index contributed by atoms with van der Waals surface area (Å²) in [5.41, 5.74) is 3.38. The summed E-state index contributed by atoms with van der Waals surface area (Å²) >= 11 is 0. The quantitative estimate of drug-likeness (QED) is 0.176. The first-order valence-electron chi connectivity index (χ1n) is 25.1. The van der Waals surface area contributed by atoms with Crippen LogP contribution >= 0.6 is 0 Å². The minimum atomic E-state index is -0.959. The van der Waals surface area contributed by atoms with Crippen LogP contribution in [0.4, 0.5) is 17.1 Å². The van der Waals surface area contributed by atoms with Crippen LogP contribution in [0, 0.1) is 17.3 Å². The number of nitrogens with one attached hydrogen (secondary N) is 5. The smallest absolute Gasteiger partial charge is 0.262 e. The van der Waals surface area contributed by atoms with Crippen LogP contribution in [-0.4, -0.2) is 150 Å². The number of amides is 5. The molecule has 2 aromatic rings. The van der Waals surface area contributed by atoms with E-state index < -0.39 is 29.4 Å². The number of nitrogens with zero attached hydrogens (tertiary/aromatic N) is 6. The third-order valence-electron chi connectivity index (χ3n) is 16.9. The fourth-order valence-electron chi connectivity index (χ4n) is 13.1. The molecule has 2 aromatic carbocycles. The monoisotopic (exact) mass is 918 g/mol. The second-order valence-electron chi connectivity index (χ2n) is 21.1. The number of piperidine rings is 3. The lowest BCUT2D eigenvalue weighted by atomic mass is 9.76. The van der Waals surface area contributed by atoms with Crippen LogP contribution in [-0.2, 0) is 14.4 Å². The van der Waals surface area contributed by atoms with Crippen molar-refractivity contribution in [2.75, 3.05) is 74.0 Å². The summed E-state index contributed by atoms with van der Waals surface area (Å²) in [5, 5.41) is 32.5. The van der Waals surface area contributed by atoms with Crippen LogP contribution in [0.2, 0.25) is 0 Å². The van der Waals surface area contributed by atoms with Crippen molar-refractivity contribution in [3.05, 3.63) is 65.7 Å². The fraction of sp³-hybridized carbons (Fsp3) is 0.620. The molecule has 1 saturated carbocycles. The molecule has 67 heavy (non-hydrogen) atoms. The van der Waals surface area contributed by atoms with E-state index in [9.17, 15) is 29.1 Å². The zero-order valence-electron chi connectivity index (χ0n) is 38.8. The standard InChI is InChI=1S/C50H67N11O6/c1-49(67)17-3-2-4-21-59-45(64)38-30-51-48(55-43(38)61(59)41-7-5-6-40(49)53-41)52-33-8-10-34(11-9-33)58-26-24-56(25-27-58)31-32-16-18-50(29-32)19-22-57(23-20-50)35-12-13-36-37(28-35)47(66)60(46(36)65)39-14-15-42(62)54-44(39)63/h2,4,8-13,28,32,38-41,43,48,51-53,55,67H,3,5-7,14-27,29-31H2,1H3,(H,54,62,63)/b4-2-/t32?,38?,39?,40?,41?,43?,48?,49-/m1/s1. The number of hydrogen-bond donors (Lipinski definition) is 6. The van der Waals surface area contributed by atoms with E-state index in [0.29, 0.717) is 42.0 Å². The van der Waals surface area contributed by atoms with Crippen molar-refractivity contribution >= 4 is 46.6 Å². The van der Waals surface area contributed by atoms with Crippen LogP contribution in [0.25, 0.3) is 0 Å². The Morgan fingerprint density at radius 3 is 2.34 bits per heavy atom. The number of allylic oxidation sites excluding steroid dienone is 1. The van der Waals surface area contributed by atoms with Gasteiger partial charge in [-0.1, -0.05) is 12.2 Å². The van der Waals surface area contributed by atoms with Crippen molar-refractivity contribution < 1.29 is 29.1 Å². The number of hydrogen-bond acceptors (Lipinski definition) is 14. The molecular formula is C50H67N11O6. The summed E-state index contributed by atoms with van der Waals surface area (Å²) in [6, 6.07) is 13.2. The fourth-order valence-corrected chi connectivity index (χ4v) is 13.1. The Morgan fingerprint density at radius 1 is 0.791 bits per heavy atom. The van der Waals surface area contributed by atoms with Gasteiger partial charge in [0, 0.05) is 81.9 Å². The Balaban J connectivity index is 0.641. The summed E-state index contributed by atoms with van der Waals surface area (Å²) in [5.74, 6) is -1.27. The molecule has 17 nitrogen and oxygen atoms in total. The highest BCUT2D eigenvalue weighted by Gasteiger charge is 2.53. The van der Waals surface area contributed by atoms with Gasteiger partial charge in [0.15, 0.2) is 0 Å². The average Bonchev–Trinajstić information content (AvgIpc) is 3.93. The van der Waals surface area contributed by atoms with E-state index in [0.717, 1.165) is 101 Å². The number of fused-ring (bicyclic) bond motifs is 7. The minimum absolute atomic E-state index is 0.0236. The number of imide groups is 2. The van der Waals surface area contributed by atoms with E-state index in [4.69, 9.17) is 0 Å². The van der Waals surface area contributed by atoms with E-state index in [2.05, 4.69) is 82.7 Å². The highest BCUT2D eigenvalue weighted by Crippen LogP contribution is 2.50. The number of anilines is 3. The number of carbonyl (C=O) groups excluding carboxylic acids is 5. The minimum Gasteiger partial charge on any atom is -0.389 e. The van der Waals surface area contributed by atoms with E-state index in [1.165, 1.54) is 24.9 Å². The van der Waals surface area contributed by atoms with Crippen LogP contribution < -0.4 is 36.4 Å². The van der Waals surface area contributed by atoms with E-state index >= 15 is 0 Å². The molecule has 5 amide bonds. The molecule has 358 valence electrons. The molecule has 8 aliphatic heterocycles. The summed E-state index contributed by atoms with van der Waals surface area (Å²) in [7, 11) is 0. The zero-order chi connectivity index (χ0) is 46.0. The van der Waals surface area contributed by atoms with Gasteiger partial charge in [0.25, 0.3) is 11.8 Å². The van der Waals surface area contributed by atoms with Gasteiger partial charge in [0.2, 0.25) is 17.7 Å². The highest BCUT2D eigenvalue weighted by molar-refractivity contribution is 6.23. The van der Waals surface area contributed by atoms with Gasteiger partial charge in [-0.05, 0) is 131 Å². The lowest BCUT2D eigenvalue weighted by Gasteiger charge is -2.47. The third-order valence-corrected chi connectivity index (χ3v) is 16.9. The topological polar surface area (TPSA) is 185 Å². The number of carbonyl (C=O) groups is 5. The van der Waals surface area contributed by atoms with Crippen molar-refractivity contribution in [3.8, 4) is 0 Å². The van der Waals surface area contributed by atoms with Crippen molar-refractivity contribution in [2.45, 2.75) is 120 Å². The molecule has 8 heterocycles. The Hall–Kier alpha value is -4.91. The first-order valence-corrected chi connectivity index (χ1v) is 25.1. The summed E-state index contributed by atoms with van der Waals surface area (Å²) in [4.78, 5) is 73.2. The lowest BCUT2D eigenvalue weighted by Crippen LogP contribution is -2.69. The van der Waals surface area contributed by atoms with E-state index in [1.54, 1.807) is 6.07 Å². The predicted octanol–water partition coefficient (Wildman–Crippen LogP) is 2.76. The number of piperazine rings is 1. The Labute approximate surface area is 392 Å². The molecule has 6 saturated heterocycles. The van der Waals surface area contributed by atoms with E-state index in [-0.39, 0.29) is 55.2 Å². The summed E-state index contributed by atoms with van der Waals surface area (Å²) in [6.45, 7) is 10.1. The second kappa shape index (κ2) is 17.9. The van der Waals surface area contributed by atoms with Gasteiger partial charge in [-0.2, -0.15) is 5.01 Å². The van der Waals surface area contributed by atoms with Gasteiger partial charge in [-0.25, -0.2) is 0 Å². The summed E-state index contributed by atoms with van der Waals surface area (Å²) < 4.78 is 0. The number of benzene rings is 2.